The molecule has 0 aliphatic heterocycles. The van der Waals surface area contributed by atoms with Crippen LogP contribution in [-0.2, 0) is 0 Å². The number of amides is 2. The van der Waals surface area contributed by atoms with E-state index in [9.17, 15) is 4.79 Å². The molecule has 1 atom stereocenters. The maximum atomic E-state index is 11.8. The first-order chi connectivity index (χ1) is 8.47. The lowest BCUT2D eigenvalue weighted by Gasteiger charge is -2.26. The molecule has 0 bridgehead atoms. The Labute approximate surface area is 111 Å². The van der Waals surface area contributed by atoms with Gasteiger partial charge in [-0.25, -0.2) is 4.79 Å². The van der Waals surface area contributed by atoms with Gasteiger partial charge in [-0.2, -0.15) is 0 Å². The SMILES string of the molecule is CC(C)C(CCO)NC(=O)NCC1(C)CCCC1. The Morgan fingerprint density at radius 2 is 1.94 bits per heavy atom. The molecule has 0 aromatic rings. The fourth-order valence-electron chi connectivity index (χ4n) is 2.63. The summed E-state index contributed by atoms with van der Waals surface area (Å²) in [5.41, 5.74) is 0.279. The van der Waals surface area contributed by atoms with E-state index in [1.165, 1.54) is 25.7 Å². The third-order valence-electron chi connectivity index (χ3n) is 4.05. The fourth-order valence-corrected chi connectivity index (χ4v) is 2.63. The third kappa shape index (κ3) is 4.84. The molecule has 1 aliphatic rings. The number of urea groups is 1. The summed E-state index contributed by atoms with van der Waals surface area (Å²) in [4.78, 5) is 11.8. The quantitative estimate of drug-likeness (QED) is 0.682. The van der Waals surface area contributed by atoms with Crippen LogP contribution in [0.15, 0.2) is 0 Å². The van der Waals surface area contributed by atoms with Crippen LogP contribution in [0.25, 0.3) is 0 Å². The highest BCUT2D eigenvalue weighted by molar-refractivity contribution is 5.74. The Bertz CT molecular complexity index is 261. The van der Waals surface area contributed by atoms with Gasteiger partial charge in [0.1, 0.15) is 0 Å². The number of aliphatic hydroxyl groups excluding tert-OH is 1. The highest BCUT2D eigenvalue weighted by Gasteiger charge is 2.29. The van der Waals surface area contributed by atoms with Crippen LogP contribution in [0, 0.1) is 11.3 Å². The van der Waals surface area contributed by atoms with Gasteiger partial charge in [0.05, 0.1) is 0 Å². The molecule has 1 fully saturated rings. The van der Waals surface area contributed by atoms with Crippen LogP contribution in [0.5, 0.6) is 0 Å². The van der Waals surface area contributed by atoms with Crippen LogP contribution in [0.4, 0.5) is 4.79 Å². The predicted octanol–water partition coefficient (Wildman–Crippen LogP) is 2.27. The molecule has 0 spiro atoms. The van der Waals surface area contributed by atoms with Crippen molar-refractivity contribution >= 4 is 6.03 Å². The van der Waals surface area contributed by atoms with E-state index >= 15 is 0 Å². The van der Waals surface area contributed by atoms with Gasteiger partial charge in [-0.1, -0.05) is 33.6 Å². The van der Waals surface area contributed by atoms with E-state index in [2.05, 4.69) is 31.4 Å². The Morgan fingerprint density at radius 1 is 1.33 bits per heavy atom. The molecule has 1 saturated carbocycles. The summed E-state index contributed by atoms with van der Waals surface area (Å²) in [6.45, 7) is 7.22. The number of carbonyl (C=O) groups is 1. The molecular formula is C14H28N2O2. The van der Waals surface area contributed by atoms with Crippen molar-refractivity contribution in [3.8, 4) is 0 Å². The van der Waals surface area contributed by atoms with E-state index in [1.54, 1.807) is 0 Å². The van der Waals surface area contributed by atoms with E-state index in [0.29, 0.717) is 12.3 Å². The zero-order valence-corrected chi connectivity index (χ0v) is 12.0. The number of rotatable bonds is 6. The maximum Gasteiger partial charge on any atom is 0.315 e. The summed E-state index contributed by atoms with van der Waals surface area (Å²) < 4.78 is 0. The van der Waals surface area contributed by atoms with Gasteiger partial charge in [0, 0.05) is 19.2 Å². The predicted molar refractivity (Wildman–Crippen MR) is 73.4 cm³/mol. The average Bonchev–Trinajstić information content (AvgIpc) is 2.73. The summed E-state index contributed by atoms with van der Waals surface area (Å²) in [5.74, 6) is 0.338. The topological polar surface area (TPSA) is 61.4 Å². The molecule has 0 aromatic heterocycles. The minimum absolute atomic E-state index is 0.0476. The van der Waals surface area contributed by atoms with Gasteiger partial charge in [-0.05, 0) is 30.6 Å². The van der Waals surface area contributed by atoms with Crippen LogP contribution >= 0.6 is 0 Å². The normalized spacial score (nSPS) is 19.8. The summed E-state index contributed by atoms with van der Waals surface area (Å²) >= 11 is 0. The lowest BCUT2D eigenvalue weighted by molar-refractivity contribution is 0.213. The molecule has 0 saturated heterocycles. The van der Waals surface area contributed by atoms with Gasteiger partial charge in [0.15, 0.2) is 0 Å². The van der Waals surface area contributed by atoms with Crippen molar-refractivity contribution in [2.24, 2.45) is 11.3 Å². The molecule has 18 heavy (non-hydrogen) atoms. The van der Waals surface area contributed by atoms with Crippen LogP contribution in [0.2, 0.25) is 0 Å². The summed E-state index contributed by atoms with van der Waals surface area (Å²) in [6, 6.07) is -0.0540. The van der Waals surface area contributed by atoms with Crippen molar-refractivity contribution in [1.82, 2.24) is 10.6 Å². The molecule has 0 aromatic carbocycles. The van der Waals surface area contributed by atoms with Crippen LogP contribution < -0.4 is 10.6 Å². The zero-order valence-electron chi connectivity index (χ0n) is 12.0. The summed E-state index contributed by atoms with van der Waals surface area (Å²) in [6.07, 6.45) is 5.58. The van der Waals surface area contributed by atoms with E-state index in [-0.39, 0.29) is 24.1 Å². The largest absolute Gasteiger partial charge is 0.396 e. The third-order valence-corrected chi connectivity index (χ3v) is 4.05. The minimum atomic E-state index is -0.102. The van der Waals surface area contributed by atoms with E-state index in [0.717, 1.165) is 6.54 Å². The van der Waals surface area contributed by atoms with Crippen molar-refractivity contribution in [3.63, 3.8) is 0 Å². The molecule has 3 N–H and O–H groups in total. The Kier molecular flexibility index (Phi) is 5.93. The van der Waals surface area contributed by atoms with Crippen molar-refractivity contribution in [2.75, 3.05) is 13.2 Å². The van der Waals surface area contributed by atoms with Gasteiger partial charge < -0.3 is 15.7 Å². The van der Waals surface area contributed by atoms with Gasteiger partial charge in [-0.15, -0.1) is 0 Å². The zero-order chi connectivity index (χ0) is 13.6. The summed E-state index contributed by atoms with van der Waals surface area (Å²) in [5, 5.41) is 14.9. The Morgan fingerprint density at radius 3 is 2.44 bits per heavy atom. The second kappa shape index (κ2) is 6.98. The van der Waals surface area contributed by atoms with Crippen LogP contribution in [0.1, 0.15) is 52.9 Å². The standard InChI is InChI=1S/C14H28N2O2/c1-11(2)12(6-9-17)16-13(18)15-10-14(3)7-4-5-8-14/h11-12,17H,4-10H2,1-3H3,(H2,15,16,18). The van der Waals surface area contributed by atoms with Crippen molar-refractivity contribution < 1.29 is 9.90 Å². The lowest BCUT2D eigenvalue weighted by Crippen LogP contribution is -2.47. The maximum absolute atomic E-state index is 11.8. The molecule has 1 unspecified atom stereocenters. The van der Waals surface area contributed by atoms with E-state index in [1.807, 2.05) is 0 Å². The molecule has 0 radical (unpaired) electrons. The van der Waals surface area contributed by atoms with E-state index in [4.69, 9.17) is 5.11 Å². The summed E-state index contributed by atoms with van der Waals surface area (Å²) in [7, 11) is 0. The first kappa shape index (κ1) is 15.3. The van der Waals surface area contributed by atoms with Crippen molar-refractivity contribution in [3.05, 3.63) is 0 Å². The van der Waals surface area contributed by atoms with Gasteiger partial charge in [0.2, 0.25) is 0 Å². The Hall–Kier alpha value is -0.770. The van der Waals surface area contributed by atoms with Crippen LogP contribution in [0.3, 0.4) is 0 Å². The molecule has 1 aliphatic carbocycles. The van der Waals surface area contributed by atoms with Crippen molar-refractivity contribution in [2.45, 2.75) is 58.9 Å². The second-order valence-electron chi connectivity index (χ2n) is 6.21. The molecule has 4 heteroatoms. The number of hydrogen-bond acceptors (Lipinski definition) is 2. The number of carbonyl (C=O) groups excluding carboxylic acids is 1. The van der Waals surface area contributed by atoms with Crippen molar-refractivity contribution in [1.29, 1.82) is 0 Å². The fraction of sp³-hybridized carbons (Fsp3) is 0.929. The molecule has 4 nitrogen and oxygen atoms in total. The molecule has 106 valence electrons. The molecule has 0 heterocycles. The monoisotopic (exact) mass is 256 g/mol. The lowest BCUT2D eigenvalue weighted by atomic mass is 9.89. The first-order valence-electron chi connectivity index (χ1n) is 7.12. The molecular weight excluding hydrogens is 228 g/mol. The first-order valence-corrected chi connectivity index (χ1v) is 7.12. The van der Waals surface area contributed by atoms with Gasteiger partial charge in [-0.3, -0.25) is 0 Å². The molecule has 2 amide bonds. The minimum Gasteiger partial charge on any atom is -0.396 e. The highest BCUT2D eigenvalue weighted by atomic mass is 16.3. The van der Waals surface area contributed by atoms with Gasteiger partial charge in [0.25, 0.3) is 0 Å². The molecule has 1 rings (SSSR count). The Balaban J connectivity index is 2.31. The van der Waals surface area contributed by atoms with Gasteiger partial charge >= 0.3 is 6.03 Å². The van der Waals surface area contributed by atoms with E-state index < -0.39 is 0 Å². The number of aliphatic hydroxyl groups is 1. The highest BCUT2D eigenvalue weighted by Crippen LogP contribution is 2.36. The second-order valence-corrected chi connectivity index (χ2v) is 6.21. The van der Waals surface area contributed by atoms with Crippen LogP contribution in [-0.4, -0.2) is 30.3 Å². The smallest absolute Gasteiger partial charge is 0.315 e. The number of hydrogen-bond donors (Lipinski definition) is 3. The number of nitrogens with one attached hydrogen (secondary N) is 2. The average molecular weight is 256 g/mol.